The third-order valence-corrected chi connectivity index (χ3v) is 2.49. The molecule has 0 saturated heterocycles. The van der Waals surface area contributed by atoms with E-state index in [1.165, 1.54) is 5.30 Å². The SMILES string of the molecule is CPc1ccc(C(C)=O)cc1. The zero-order valence-electron chi connectivity index (χ0n) is 6.72. The van der Waals surface area contributed by atoms with Crippen LogP contribution in [0.3, 0.4) is 0 Å². The van der Waals surface area contributed by atoms with Gasteiger partial charge in [-0.15, -0.1) is 0 Å². The predicted molar refractivity (Wildman–Crippen MR) is 50.3 cm³/mol. The van der Waals surface area contributed by atoms with Crippen LogP contribution in [0.4, 0.5) is 0 Å². The quantitative estimate of drug-likeness (QED) is 0.483. The molecule has 0 aliphatic rings. The fourth-order valence-electron chi connectivity index (χ4n) is 0.872. The van der Waals surface area contributed by atoms with Crippen LogP contribution in [0, 0.1) is 0 Å². The molecule has 0 spiro atoms. The van der Waals surface area contributed by atoms with Crippen LogP contribution in [0.2, 0.25) is 0 Å². The van der Waals surface area contributed by atoms with E-state index in [2.05, 4.69) is 6.66 Å². The van der Waals surface area contributed by atoms with Crippen molar-refractivity contribution in [2.45, 2.75) is 6.92 Å². The average Bonchev–Trinajstić information content (AvgIpc) is 2.05. The molecule has 0 fully saturated rings. The first-order valence-corrected chi connectivity index (χ1v) is 5.03. The number of Topliss-reactive ketones (excluding diaryl/α,β-unsaturated/α-hetero) is 1. The van der Waals surface area contributed by atoms with Crippen molar-refractivity contribution in [2.75, 3.05) is 6.66 Å². The van der Waals surface area contributed by atoms with Gasteiger partial charge in [0.2, 0.25) is 0 Å². The first-order chi connectivity index (χ1) is 5.24. The van der Waals surface area contributed by atoms with E-state index in [-0.39, 0.29) is 5.78 Å². The first kappa shape index (κ1) is 8.42. The van der Waals surface area contributed by atoms with Crippen molar-refractivity contribution in [3.05, 3.63) is 29.8 Å². The summed E-state index contributed by atoms with van der Waals surface area (Å²) < 4.78 is 0. The van der Waals surface area contributed by atoms with Gasteiger partial charge < -0.3 is 0 Å². The summed E-state index contributed by atoms with van der Waals surface area (Å²) in [6.07, 6.45) is 0. The van der Waals surface area contributed by atoms with E-state index in [0.29, 0.717) is 0 Å². The number of hydrogen-bond acceptors (Lipinski definition) is 1. The largest absolute Gasteiger partial charge is 0.295 e. The van der Waals surface area contributed by atoms with Crippen molar-refractivity contribution in [3.8, 4) is 0 Å². The maximum absolute atomic E-state index is 10.8. The molecule has 0 radical (unpaired) electrons. The van der Waals surface area contributed by atoms with Gasteiger partial charge in [0.15, 0.2) is 5.78 Å². The van der Waals surface area contributed by atoms with Crippen LogP contribution >= 0.6 is 8.58 Å². The first-order valence-electron chi connectivity index (χ1n) is 3.53. The summed E-state index contributed by atoms with van der Waals surface area (Å²) in [5.74, 6) is 0.135. The summed E-state index contributed by atoms with van der Waals surface area (Å²) in [5.41, 5.74) is 0.798. The molecule has 0 aliphatic carbocycles. The Balaban J connectivity index is 2.91. The molecule has 0 saturated carbocycles. The molecule has 1 rings (SSSR count). The molecule has 0 aliphatic heterocycles. The lowest BCUT2D eigenvalue weighted by atomic mass is 10.2. The van der Waals surface area contributed by atoms with Crippen molar-refractivity contribution in [1.29, 1.82) is 0 Å². The van der Waals surface area contributed by atoms with E-state index in [4.69, 9.17) is 0 Å². The Bertz CT molecular complexity index is 251. The van der Waals surface area contributed by atoms with Crippen LogP contribution in [-0.2, 0) is 0 Å². The molecule has 0 N–H and O–H groups in total. The Morgan fingerprint density at radius 1 is 1.27 bits per heavy atom. The summed E-state index contributed by atoms with van der Waals surface area (Å²) in [6, 6.07) is 7.78. The van der Waals surface area contributed by atoms with Gasteiger partial charge in [0.1, 0.15) is 0 Å². The van der Waals surface area contributed by atoms with Gasteiger partial charge in [-0.05, 0) is 18.9 Å². The molecule has 1 unspecified atom stereocenters. The van der Waals surface area contributed by atoms with Crippen LogP contribution in [0.1, 0.15) is 17.3 Å². The lowest BCUT2D eigenvalue weighted by Crippen LogP contribution is -1.96. The van der Waals surface area contributed by atoms with E-state index in [1.807, 2.05) is 24.3 Å². The zero-order chi connectivity index (χ0) is 8.27. The maximum atomic E-state index is 10.8. The van der Waals surface area contributed by atoms with E-state index < -0.39 is 0 Å². The minimum atomic E-state index is 0.135. The predicted octanol–water partition coefficient (Wildman–Crippen LogP) is 1.82. The van der Waals surface area contributed by atoms with Gasteiger partial charge in [0, 0.05) is 5.56 Å². The third kappa shape index (κ3) is 2.13. The number of rotatable bonds is 2. The summed E-state index contributed by atoms with van der Waals surface area (Å²) in [5, 5.41) is 1.30. The van der Waals surface area contributed by atoms with E-state index >= 15 is 0 Å². The molecule has 1 aromatic carbocycles. The number of benzene rings is 1. The Morgan fingerprint density at radius 3 is 2.18 bits per heavy atom. The number of ketones is 1. The van der Waals surface area contributed by atoms with Crippen molar-refractivity contribution >= 4 is 19.7 Å². The molecule has 2 heteroatoms. The van der Waals surface area contributed by atoms with E-state index in [9.17, 15) is 4.79 Å². The molecule has 0 heterocycles. The van der Waals surface area contributed by atoms with Gasteiger partial charge in [-0.3, -0.25) is 4.79 Å². The van der Waals surface area contributed by atoms with Gasteiger partial charge in [-0.1, -0.05) is 32.8 Å². The molecular weight excluding hydrogens is 155 g/mol. The number of carbonyl (C=O) groups is 1. The van der Waals surface area contributed by atoms with Gasteiger partial charge in [-0.2, -0.15) is 0 Å². The van der Waals surface area contributed by atoms with Gasteiger partial charge in [0.05, 0.1) is 0 Å². The Kier molecular flexibility index (Phi) is 2.78. The van der Waals surface area contributed by atoms with Gasteiger partial charge in [-0.25, -0.2) is 0 Å². The van der Waals surface area contributed by atoms with Crippen LogP contribution in [0.5, 0.6) is 0 Å². The molecule has 1 nitrogen and oxygen atoms in total. The highest BCUT2D eigenvalue weighted by Gasteiger charge is 1.96. The molecule has 0 bridgehead atoms. The molecule has 1 atom stereocenters. The van der Waals surface area contributed by atoms with Crippen molar-refractivity contribution in [1.82, 2.24) is 0 Å². The standard InChI is InChI=1S/C9H11OP/c1-7(10)8-3-5-9(11-2)6-4-8/h3-6,11H,1-2H3. The van der Waals surface area contributed by atoms with Crippen molar-refractivity contribution < 1.29 is 4.79 Å². The van der Waals surface area contributed by atoms with Crippen LogP contribution in [0.15, 0.2) is 24.3 Å². The van der Waals surface area contributed by atoms with Crippen molar-refractivity contribution in [2.24, 2.45) is 0 Å². The molecule has 1 aromatic rings. The lowest BCUT2D eigenvalue weighted by molar-refractivity contribution is 0.101. The number of hydrogen-bond donors (Lipinski definition) is 0. The summed E-state index contributed by atoms with van der Waals surface area (Å²) in [6.45, 7) is 3.71. The molecular formula is C9H11OP. The third-order valence-electron chi connectivity index (χ3n) is 1.58. The Hall–Kier alpha value is -0.680. The topological polar surface area (TPSA) is 17.1 Å². The number of carbonyl (C=O) groups excluding carboxylic acids is 1. The zero-order valence-corrected chi connectivity index (χ0v) is 7.72. The second-order valence-electron chi connectivity index (χ2n) is 2.38. The van der Waals surface area contributed by atoms with Crippen LogP contribution < -0.4 is 5.30 Å². The Labute approximate surface area is 68.6 Å². The molecule has 0 aromatic heterocycles. The monoisotopic (exact) mass is 166 g/mol. The summed E-state index contributed by atoms with van der Waals surface area (Å²) >= 11 is 0. The van der Waals surface area contributed by atoms with E-state index in [0.717, 1.165) is 14.1 Å². The maximum Gasteiger partial charge on any atom is 0.159 e. The smallest absolute Gasteiger partial charge is 0.159 e. The molecule has 0 amide bonds. The van der Waals surface area contributed by atoms with E-state index in [1.54, 1.807) is 6.92 Å². The Morgan fingerprint density at radius 2 is 1.82 bits per heavy atom. The molecule has 11 heavy (non-hydrogen) atoms. The highest BCUT2D eigenvalue weighted by atomic mass is 31.1. The minimum absolute atomic E-state index is 0.135. The van der Waals surface area contributed by atoms with Crippen molar-refractivity contribution in [3.63, 3.8) is 0 Å². The van der Waals surface area contributed by atoms with Gasteiger partial charge >= 0.3 is 0 Å². The average molecular weight is 166 g/mol. The second-order valence-corrected chi connectivity index (χ2v) is 3.46. The highest BCUT2D eigenvalue weighted by molar-refractivity contribution is 7.46. The summed E-state index contributed by atoms with van der Waals surface area (Å²) in [7, 11) is 0.809. The molecule has 58 valence electrons. The summed E-state index contributed by atoms with van der Waals surface area (Å²) in [4.78, 5) is 10.8. The fourth-order valence-corrected chi connectivity index (χ4v) is 1.37. The van der Waals surface area contributed by atoms with Crippen LogP contribution in [-0.4, -0.2) is 12.4 Å². The lowest BCUT2D eigenvalue weighted by Gasteiger charge is -1.97. The minimum Gasteiger partial charge on any atom is -0.295 e. The van der Waals surface area contributed by atoms with Crippen LogP contribution in [0.25, 0.3) is 0 Å². The second kappa shape index (κ2) is 3.64. The fraction of sp³-hybridized carbons (Fsp3) is 0.222. The van der Waals surface area contributed by atoms with Gasteiger partial charge in [0.25, 0.3) is 0 Å². The normalized spacial score (nSPS) is 10.7. The highest BCUT2D eigenvalue weighted by Crippen LogP contribution is 2.05.